The largest absolute Gasteiger partial charge is 0.467 e. The summed E-state index contributed by atoms with van der Waals surface area (Å²) in [5, 5.41) is 3.39. The second-order valence-electron chi connectivity index (χ2n) is 5.80. The summed E-state index contributed by atoms with van der Waals surface area (Å²) < 4.78 is 5.67. The van der Waals surface area contributed by atoms with Crippen LogP contribution in [0.3, 0.4) is 0 Å². The minimum Gasteiger partial charge on any atom is -0.467 e. The zero-order valence-corrected chi connectivity index (χ0v) is 13.6. The van der Waals surface area contributed by atoms with Crippen LogP contribution in [0.5, 0.6) is 0 Å². The smallest absolute Gasteiger partial charge is 0.123 e. The van der Waals surface area contributed by atoms with Crippen LogP contribution in [0, 0.1) is 13.8 Å². The molecule has 1 aromatic carbocycles. The number of rotatable bonds is 7. The molecule has 3 heteroatoms. The molecule has 0 spiro atoms. The highest BCUT2D eigenvalue weighted by molar-refractivity contribution is 5.50. The topological polar surface area (TPSA) is 28.4 Å². The van der Waals surface area contributed by atoms with Crippen LogP contribution in [0.1, 0.15) is 35.8 Å². The lowest BCUT2D eigenvalue weighted by Crippen LogP contribution is -2.16. The molecule has 1 aromatic heterocycles. The maximum Gasteiger partial charge on any atom is 0.123 e. The van der Waals surface area contributed by atoms with E-state index in [0.717, 1.165) is 31.8 Å². The van der Waals surface area contributed by atoms with Crippen LogP contribution in [-0.4, -0.2) is 13.6 Å². The summed E-state index contributed by atoms with van der Waals surface area (Å²) in [7, 11) is 2.10. The predicted octanol–water partition coefficient (Wildman–Crippen LogP) is 4.03. The predicted molar refractivity (Wildman–Crippen MR) is 88.7 cm³/mol. The molecule has 2 rings (SSSR count). The quantitative estimate of drug-likeness (QED) is 0.779. The fourth-order valence-corrected chi connectivity index (χ4v) is 2.51. The fraction of sp³-hybridized carbons (Fsp3) is 0.444. The van der Waals surface area contributed by atoms with E-state index in [1.165, 1.54) is 22.4 Å². The summed E-state index contributed by atoms with van der Waals surface area (Å²) in [5.41, 5.74) is 5.03. The van der Waals surface area contributed by atoms with Crippen LogP contribution < -0.4 is 10.2 Å². The Morgan fingerprint density at radius 2 is 1.81 bits per heavy atom. The molecule has 0 saturated heterocycles. The molecule has 0 atom stereocenters. The first kappa shape index (κ1) is 15.6. The number of anilines is 1. The van der Waals surface area contributed by atoms with Crippen LogP contribution in [-0.2, 0) is 13.1 Å². The van der Waals surface area contributed by atoms with Gasteiger partial charge < -0.3 is 14.6 Å². The molecular formula is C18H26N2O. The summed E-state index contributed by atoms with van der Waals surface area (Å²) in [4.78, 5) is 2.22. The lowest BCUT2D eigenvalue weighted by atomic mass is 10.1. The van der Waals surface area contributed by atoms with Gasteiger partial charge in [-0.15, -0.1) is 0 Å². The van der Waals surface area contributed by atoms with Crippen LogP contribution in [0.15, 0.2) is 34.9 Å². The first-order chi connectivity index (χ1) is 10.1. The van der Waals surface area contributed by atoms with Crippen molar-refractivity contribution < 1.29 is 4.42 Å². The summed E-state index contributed by atoms with van der Waals surface area (Å²) in [6.07, 6.45) is 3.01. The minimum absolute atomic E-state index is 0.788. The molecule has 114 valence electrons. The second-order valence-corrected chi connectivity index (χ2v) is 5.80. The van der Waals surface area contributed by atoms with E-state index >= 15 is 0 Å². The van der Waals surface area contributed by atoms with Crippen molar-refractivity contribution in [3.05, 3.63) is 53.0 Å². The molecule has 21 heavy (non-hydrogen) atoms. The normalized spacial score (nSPS) is 10.9. The summed E-state index contributed by atoms with van der Waals surface area (Å²) in [6.45, 7) is 9.15. The summed E-state index contributed by atoms with van der Waals surface area (Å²) in [5.74, 6) is 1.00. The highest BCUT2D eigenvalue weighted by Crippen LogP contribution is 2.20. The van der Waals surface area contributed by atoms with Crippen molar-refractivity contribution >= 4 is 5.69 Å². The first-order valence-electron chi connectivity index (χ1n) is 7.65. The molecule has 0 aliphatic heterocycles. The third-order valence-corrected chi connectivity index (χ3v) is 3.50. The lowest BCUT2D eigenvalue weighted by molar-refractivity contribution is 0.504. The number of nitrogens with zero attached hydrogens (tertiary/aromatic N) is 1. The SMILES string of the molecule is CCCNCc1coc(CN(C)c2cc(C)cc(C)c2)c1. The fourth-order valence-electron chi connectivity index (χ4n) is 2.51. The maximum atomic E-state index is 5.67. The number of hydrogen-bond donors (Lipinski definition) is 1. The van der Waals surface area contributed by atoms with Crippen LogP contribution in [0.25, 0.3) is 0 Å². The van der Waals surface area contributed by atoms with Gasteiger partial charge in [-0.05, 0) is 56.1 Å². The van der Waals surface area contributed by atoms with E-state index in [9.17, 15) is 0 Å². The molecule has 0 aliphatic carbocycles. The lowest BCUT2D eigenvalue weighted by Gasteiger charge is -2.19. The Morgan fingerprint density at radius 1 is 1.10 bits per heavy atom. The second kappa shape index (κ2) is 7.32. The van der Waals surface area contributed by atoms with E-state index in [-0.39, 0.29) is 0 Å². The standard InChI is InChI=1S/C18H26N2O/c1-5-6-19-11-16-10-18(21-13-16)12-20(4)17-8-14(2)7-15(3)9-17/h7-10,13,19H,5-6,11-12H2,1-4H3. The molecule has 1 N–H and O–H groups in total. The number of nitrogens with one attached hydrogen (secondary N) is 1. The van der Waals surface area contributed by atoms with Crippen LogP contribution in [0.4, 0.5) is 5.69 Å². The zero-order valence-electron chi connectivity index (χ0n) is 13.6. The molecule has 0 amide bonds. The van der Waals surface area contributed by atoms with E-state index in [1.807, 2.05) is 6.26 Å². The number of furan rings is 1. The average molecular weight is 286 g/mol. The molecule has 0 unspecified atom stereocenters. The van der Waals surface area contributed by atoms with Crippen molar-refractivity contribution in [2.45, 2.75) is 40.3 Å². The molecule has 2 aromatic rings. The Morgan fingerprint density at radius 3 is 2.48 bits per heavy atom. The van der Waals surface area contributed by atoms with Crippen molar-refractivity contribution in [1.82, 2.24) is 5.32 Å². The van der Waals surface area contributed by atoms with Gasteiger partial charge in [-0.2, -0.15) is 0 Å². The van der Waals surface area contributed by atoms with E-state index < -0.39 is 0 Å². The Bertz CT molecular complexity index is 554. The molecule has 1 heterocycles. The van der Waals surface area contributed by atoms with Crippen molar-refractivity contribution in [2.75, 3.05) is 18.5 Å². The van der Waals surface area contributed by atoms with Gasteiger partial charge in [-0.3, -0.25) is 0 Å². The summed E-state index contributed by atoms with van der Waals surface area (Å²) >= 11 is 0. The molecule has 0 fully saturated rings. The van der Waals surface area contributed by atoms with Crippen LogP contribution in [0.2, 0.25) is 0 Å². The van der Waals surface area contributed by atoms with Gasteiger partial charge in [0.05, 0.1) is 12.8 Å². The Hall–Kier alpha value is -1.74. The van der Waals surface area contributed by atoms with Gasteiger partial charge in [-0.1, -0.05) is 13.0 Å². The zero-order chi connectivity index (χ0) is 15.2. The van der Waals surface area contributed by atoms with E-state index in [4.69, 9.17) is 4.42 Å². The number of hydrogen-bond acceptors (Lipinski definition) is 3. The maximum absolute atomic E-state index is 5.67. The molecular weight excluding hydrogens is 260 g/mol. The molecule has 0 saturated carbocycles. The molecule has 0 radical (unpaired) electrons. The Kier molecular flexibility index (Phi) is 5.45. The molecule has 0 aliphatic rings. The van der Waals surface area contributed by atoms with E-state index in [1.54, 1.807) is 0 Å². The van der Waals surface area contributed by atoms with Gasteiger partial charge in [0.25, 0.3) is 0 Å². The summed E-state index contributed by atoms with van der Waals surface area (Å²) in [6, 6.07) is 8.75. The van der Waals surface area contributed by atoms with Gasteiger partial charge in [-0.25, -0.2) is 0 Å². The van der Waals surface area contributed by atoms with Gasteiger partial charge >= 0.3 is 0 Å². The van der Waals surface area contributed by atoms with Crippen molar-refractivity contribution in [1.29, 1.82) is 0 Å². The first-order valence-corrected chi connectivity index (χ1v) is 7.65. The van der Waals surface area contributed by atoms with Gasteiger partial charge in [0.2, 0.25) is 0 Å². The number of aryl methyl sites for hydroxylation is 2. The highest BCUT2D eigenvalue weighted by Gasteiger charge is 2.07. The van der Waals surface area contributed by atoms with Crippen LogP contribution >= 0.6 is 0 Å². The molecule has 3 nitrogen and oxygen atoms in total. The van der Waals surface area contributed by atoms with Crippen molar-refractivity contribution in [2.24, 2.45) is 0 Å². The van der Waals surface area contributed by atoms with Gasteiger partial charge in [0.1, 0.15) is 5.76 Å². The highest BCUT2D eigenvalue weighted by atomic mass is 16.3. The molecule has 0 bridgehead atoms. The van der Waals surface area contributed by atoms with Crippen molar-refractivity contribution in [3.63, 3.8) is 0 Å². The minimum atomic E-state index is 0.788. The Balaban J connectivity index is 1.97. The monoisotopic (exact) mass is 286 g/mol. The van der Waals surface area contributed by atoms with Crippen molar-refractivity contribution in [3.8, 4) is 0 Å². The Labute approximate surface area is 128 Å². The average Bonchev–Trinajstić information content (AvgIpc) is 2.85. The third kappa shape index (κ3) is 4.64. The van der Waals surface area contributed by atoms with E-state index in [2.05, 4.69) is 62.3 Å². The van der Waals surface area contributed by atoms with E-state index in [0.29, 0.717) is 0 Å². The van der Waals surface area contributed by atoms with Gasteiger partial charge in [0, 0.05) is 24.8 Å². The number of benzene rings is 1. The third-order valence-electron chi connectivity index (χ3n) is 3.50. The van der Waals surface area contributed by atoms with Gasteiger partial charge in [0.15, 0.2) is 0 Å².